The zero-order chi connectivity index (χ0) is 21.3. The van der Waals surface area contributed by atoms with Gasteiger partial charge in [-0.05, 0) is 62.8 Å². The minimum atomic E-state index is -0.545. The lowest BCUT2D eigenvalue weighted by Gasteiger charge is -2.30. The fourth-order valence-corrected chi connectivity index (χ4v) is 3.66. The van der Waals surface area contributed by atoms with Crippen LogP contribution < -0.4 is 19.7 Å². The highest BCUT2D eigenvalue weighted by molar-refractivity contribution is 7.80. The van der Waals surface area contributed by atoms with Gasteiger partial charge in [-0.1, -0.05) is 17.7 Å². The van der Waals surface area contributed by atoms with Gasteiger partial charge in [0.15, 0.2) is 5.11 Å². The summed E-state index contributed by atoms with van der Waals surface area (Å²) in [5.41, 5.74) is 3.93. The first-order valence-corrected chi connectivity index (χ1v) is 9.39. The third-order valence-corrected chi connectivity index (χ3v) is 5.09. The van der Waals surface area contributed by atoms with Crippen LogP contribution in [-0.4, -0.2) is 31.1 Å². The molecule has 1 fully saturated rings. The number of benzene rings is 2. The molecule has 0 unspecified atom stereocenters. The quantitative estimate of drug-likeness (QED) is 0.475. The van der Waals surface area contributed by atoms with Gasteiger partial charge in [-0.3, -0.25) is 19.8 Å². The second-order valence-electron chi connectivity index (χ2n) is 6.76. The Balaban J connectivity index is 2.10. The summed E-state index contributed by atoms with van der Waals surface area (Å²) < 4.78 is 10.8. The Morgan fingerprint density at radius 2 is 1.76 bits per heavy atom. The second kappa shape index (κ2) is 8.05. The summed E-state index contributed by atoms with van der Waals surface area (Å²) in [5.74, 6) is 0.155. The topological polar surface area (TPSA) is 67.9 Å². The third kappa shape index (κ3) is 3.73. The molecule has 7 heteroatoms. The summed E-state index contributed by atoms with van der Waals surface area (Å²) in [4.78, 5) is 27.2. The van der Waals surface area contributed by atoms with Gasteiger partial charge in [0.1, 0.15) is 17.1 Å². The van der Waals surface area contributed by atoms with E-state index in [-0.39, 0.29) is 10.7 Å². The summed E-state index contributed by atoms with van der Waals surface area (Å²) in [5, 5.41) is 2.67. The average Bonchev–Trinajstić information content (AvgIpc) is 2.66. The van der Waals surface area contributed by atoms with Gasteiger partial charge in [0, 0.05) is 11.1 Å². The van der Waals surface area contributed by atoms with Gasteiger partial charge in [-0.25, -0.2) is 0 Å². The first-order valence-electron chi connectivity index (χ1n) is 8.98. The van der Waals surface area contributed by atoms with Crippen molar-refractivity contribution in [2.24, 2.45) is 0 Å². The van der Waals surface area contributed by atoms with Crippen molar-refractivity contribution in [1.82, 2.24) is 5.32 Å². The molecule has 1 aliphatic rings. The van der Waals surface area contributed by atoms with Crippen molar-refractivity contribution in [3.05, 3.63) is 58.2 Å². The summed E-state index contributed by atoms with van der Waals surface area (Å²) in [6, 6.07) is 9.19. The number of amides is 2. The van der Waals surface area contributed by atoms with E-state index < -0.39 is 11.8 Å². The highest BCUT2D eigenvalue weighted by atomic mass is 32.1. The van der Waals surface area contributed by atoms with Crippen molar-refractivity contribution in [1.29, 1.82) is 0 Å². The molecule has 1 aliphatic heterocycles. The molecule has 6 nitrogen and oxygen atoms in total. The van der Waals surface area contributed by atoms with Crippen LogP contribution in [0.15, 0.2) is 35.9 Å². The van der Waals surface area contributed by atoms with Crippen LogP contribution in [0.1, 0.15) is 22.3 Å². The Bertz CT molecular complexity index is 1060. The van der Waals surface area contributed by atoms with Crippen molar-refractivity contribution >= 4 is 40.9 Å². The highest BCUT2D eigenvalue weighted by Crippen LogP contribution is 2.33. The number of carbonyl (C=O) groups is 2. The molecular formula is C22H22N2O4S. The van der Waals surface area contributed by atoms with Crippen LogP contribution in [0.4, 0.5) is 5.69 Å². The van der Waals surface area contributed by atoms with E-state index in [0.29, 0.717) is 22.7 Å². The number of aryl methyl sites for hydroxylation is 2. The molecule has 0 bridgehead atoms. The molecule has 0 aromatic heterocycles. The third-order valence-electron chi connectivity index (χ3n) is 4.81. The molecule has 0 radical (unpaired) electrons. The van der Waals surface area contributed by atoms with Gasteiger partial charge in [-0.15, -0.1) is 0 Å². The molecular weight excluding hydrogens is 388 g/mol. The normalized spacial score (nSPS) is 15.6. The smallest absolute Gasteiger partial charge is 0.270 e. The predicted octanol–water partition coefficient (Wildman–Crippen LogP) is 3.46. The van der Waals surface area contributed by atoms with Crippen LogP contribution in [-0.2, 0) is 9.59 Å². The summed E-state index contributed by atoms with van der Waals surface area (Å²) in [6.45, 7) is 5.71. The van der Waals surface area contributed by atoms with Gasteiger partial charge < -0.3 is 9.47 Å². The summed E-state index contributed by atoms with van der Waals surface area (Å²) in [7, 11) is 3.10. The Kier molecular flexibility index (Phi) is 5.70. The minimum Gasteiger partial charge on any atom is -0.496 e. The van der Waals surface area contributed by atoms with E-state index in [1.54, 1.807) is 19.2 Å². The van der Waals surface area contributed by atoms with E-state index in [9.17, 15) is 9.59 Å². The standard InChI is InChI=1S/C22H22N2O4S/c1-12-6-8-17(13(2)10-12)24-21(26)16(20(25)23-22(24)29)11-15-7-9-18(27-4)14(3)19(15)28-5/h6-11H,1-5H3,(H,23,25,29)/b16-11+. The molecule has 1 heterocycles. The zero-order valence-electron chi connectivity index (χ0n) is 17.0. The fraction of sp³-hybridized carbons (Fsp3) is 0.227. The van der Waals surface area contributed by atoms with Crippen molar-refractivity contribution in [2.45, 2.75) is 20.8 Å². The van der Waals surface area contributed by atoms with Crippen LogP contribution in [0.5, 0.6) is 11.5 Å². The molecule has 0 spiro atoms. The maximum Gasteiger partial charge on any atom is 0.270 e. The number of methoxy groups -OCH3 is 2. The van der Waals surface area contributed by atoms with E-state index in [1.807, 2.05) is 39.0 Å². The molecule has 0 atom stereocenters. The molecule has 3 rings (SSSR count). The van der Waals surface area contributed by atoms with Crippen LogP contribution in [0, 0.1) is 20.8 Å². The fourth-order valence-electron chi connectivity index (χ4n) is 3.39. The lowest BCUT2D eigenvalue weighted by molar-refractivity contribution is -0.122. The summed E-state index contributed by atoms with van der Waals surface area (Å²) in [6.07, 6.45) is 1.52. The largest absolute Gasteiger partial charge is 0.496 e. The van der Waals surface area contributed by atoms with Gasteiger partial charge in [0.05, 0.1) is 19.9 Å². The first kappa shape index (κ1) is 20.5. The van der Waals surface area contributed by atoms with Gasteiger partial charge in [0.25, 0.3) is 11.8 Å². The number of carbonyl (C=O) groups excluding carboxylic acids is 2. The maximum absolute atomic E-state index is 13.2. The maximum atomic E-state index is 13.2. The van der Waals surface area contributed by atoms with Crippen LogP contribution in [0.2, 0.25) is 0 Å². The molecule has 2 amide bonds. The number of thiocarbonyl (C=S) groups is 1. The highest BCUT2D eigenvalue weighted by Gasteiger charge is 2.35. The van der Waals surface area contributed by atoms with Crippen molar-refractivity contribution in [3.8, 4) is 11.5 Å². The number of hydrogen-bond acceptors (Lipinski definition) is 5. The van der Waals surface area contributed by atoms with E-state index in [4.69, 9.17) is 21.7 Å². The van der Waals surface area contributed by atoms with Gasteiger partial charge >= 0.3 is 0 Å². The molecule has 0 aliphatic carbocycles. The van der Waals surface area contributed by atoms with Crippen LogP contribution in [0.25, 0.3) is 6.08 Å². The molecule has 1 saturated heterocycles. The molecule has 1 N–H and O–H groups in total. The number of anilines is 1. The van der Waals surface area contributed by atoms with Crippen molar-refractivity contribution in [2.75, 3.05) is 19.1 Å². The number of rotatable bonds is 4. The van der Waals surface area contributed by atoms with Gasteiger partial charge in [0.2, 0.25) is 0 Å². The molecule has 150 valence electrons. The number of hydrogen-bond donors (Lipinski definition) is 1. The Labute approximate surface area is 175 Å². The Hall–Kier alpha value is -3.19. The Morgan fingerprint density at radius 1 is 1.03 bits per heavy atom. The van der Waals surface area contributed by atoms with Crippen molar-refractivity contribution < 1.29 is 19.1 Å². The lowest BCUT2D eigenvalue weighted by atomic mass is 10.0. The second-order valence-corrected chi connectivity index (χ2v) is 7.15. The number of nitrogens with one attached hydrogen (secondary N) is 1. The summed E-state index contributed by atoms with van der Waals surface area (Å²) >= 11 is 5.28. The van der Waals surface area contributed by atoms with Gasteiger partial charge in [-0.2, -0.15) is 0 Å². The molecule has 29 heavy (non-hydrogen) atoms. The van der Waals surface area contributed by atoms with E-state index in [2.05, 4.69) is 5.32 Å². The lowest BCUT2D eigenvalue weighted by Crippen LogP contribution is -2.54. The van der Waals surface area contributed by atoms with E-state index in [1.165, 1.54) is 18.1 Å². The van der Waals surface area contributed by atoms with E-state index in [0.717, 1.165) is 16.7 Å². The average molecular weight is 410 g/mol. The minimum absolute atomic E-state index is 0.0264. The number of nitrogens with zero attached hydrogens (tertiary/aromatic N) is 1. The monoisotopic (exact) mass is 410 g/mol. The van der Waals surface area contributed by atoms with Crippen LogP contribution in [0.3, 0.4) is 0 Å². The Morgan fingerprint density at radius 3 is 2.38 bits per heavy atom. The molecule has 0 saturated carbocycles. The van der Waals surface area contributed by atoms with Crippen molar-refractivity contribution in [3.63, 3.8) is 0 Å². The van der Waals surface area contributed by atoms with E-state index >= 15 is 0 Å². The first-order chi connectivity index (χ1) is 13.8. The molecule has 2 aromatic carbocycles. The van der Waals surface area contributed by atoms with Crippen LogP contribution >= 0.6 is 12.2 Å². The predicted molar refractivity (Wildman–Crippen MR) is 116 cm³/mol. The molecule has 2 aromatic rings. The zero-order valence-corrected chi connectivity index (χ0v) is 17.8. The number of ether oxygens (including phenoxy) is 2. The SMILES string of the molecule is COc1ccc(/C=C2\C(=O)NC(=S)N(c3ccc(C)cc3C)C2=O)c(OC)c1C.